The van der Waals surface area contributed by atoms with Crippen LogP contribution >= 0.6 is 50.7 Å². The molecule has 3 aromatic heterocycles. The lowest BCUT2D eigenvalue weighted by Gasteiger charge is -2.08. The molecule has 0 fully saturated rings. The Bertz CT molecular complexity index is 1270. The van der Waals surface area contributed by atoms with Crippen LogP contribution in [0.3, 0.4) is 0 Å². The second-order valence-electron chi connectivity index (χ2n) is 5.65. The smallest absolute Gasteiger partial charge is 0.347 e. The Hall–Kier alpha value is -1.93. The summed E-state index contributed by atoms with van der Waals surface area (Å²) in [7, 11) is 0. The molecule has 0 aliphatic rings. The van der Waals surface area contributed by atoms with E-state index in [1.807, 2.05) is 20.8 Å². The van der Waals surface area contributed by atoms with Crippen LogP contribution in [0, 0.1) is 6.92 Å². The molecule has 4 aromatic rings. The summed E-state index contributed by atoms with van der Waals surface area (Å²) in [6, 6.07) is 6.44. The largest absolute Gasteiger partial charge is 0.401 e. The SMILES string of the molecule is CC.Cc1cc(Cl)cc2c(=O)oc(-c3cc(Br)nn3-c3ncc(Cl)cc3Cl)nc12. The Morgan fingerprint density at radius 2 is 1.79 bits per heavy atom. The monoisotopic (exact) mass is 514 g/mol. The molecule has 0 saturated carbocycles. The highest BCUT2D eigenvalue weighted by Gasteiger charge is 2.19. The van der Waals surface area contributed by atoms with Gasteiger partial charge in [0.1, 0.15) is 10.3 Å². The molecule has 0 amide bonds. The number of hydrogen-bond acceptors (Lipinski definition) is 5. The molecule has 0 radical (unpaired) electrons. The topological polar surface area (TPSA) is 73.8 Å². The number of aromatic nitrogens is 4. The van der Waals surface area contributed by atoms with Crippen molar-refractivity contribution in [2.24, 2.45) is 0 Å². The third-order valence-electron chi connectivity index (χ3n) is 3.78. The summed E-state index contributed by atoms with van der Waals surface area (Å²) >= 11 is 21.5. The first kappa shape index (κ1) is 21.8. The Kier molecular flexibility index (Phi) is 6.63. The third-order valence-corrected chi connectivity index (χ3v) is 4.87. The third kappa shape index (κ3) is 4.33. The van der Waals surface area contributed by atoms with Crippen LogP contribution in [0.1, 0.15) is 19.4 Å². The van der Waals surface area contributed by atoms with Crippen molar-refractivity contribution >= 4 is 61.6 Å². The highest BCUT2D eigenvalue weighted by molar-refractivity contribution is 9.10. The molecule has 0 atom stereocenters. The minimum Gasteiger partial charge on any atom is -0.401 e. The number of rotatable bonds is 2. The van der Waals surface area contributed by atoms with E-state index >= 15 is 0 Å². The van der Waals surface area contributed by atoms with Crippen LogP contribution in [0.5, 0.6) is 0 Å². The average Bonchev–Trinajstić information content (AvgIpc) is 3.05. The lowest BCUT2D eigenvalue weighted by Crippen LogP contribution is -2.08. The normalized spacial score (nSPS) is 10.7. The van der Waals surface area contributed by atoms with Gasteiger partial charge in [-0.1, -0.05) is 48.7 Å². The number of fused-ring (bicyclic) bond motifs is 1. The molecule has 4 rings (SSSR count). The summed E-state index contributed by atoms with van der Waals surface area (Å²) in [5, 5.41) is 5.72. The van der Waals surface area contributed by atoms with E-state index in [1.54, 1.807) is 18.2 Å². The zero-order valence-electron chi connectivity index (χ0n) is 15.5. The van der Waals surface area contributed by atoms with Crippen LogP contribution in [-0.2, 0) is 0 Å². The second kappa shape index (κ2) is 8.83. The molecular weight excluding hydrogens is 502 g/mol. The van der Waals surface area contributed by atoms with Crippen molar-refractivity contribution in [1.29, 1.82) is 0 Å². The Morgan fingerprint density at radius 3 is 2.48 bits per heavy atom. The van der Waals surface area contributed by atoms with E-state index < -0.39 is 5.63 Å². The summed E-state index contributed by atoms with van der Waals surface area (Å²) in [6.45, 7) is 5.81. The molecule has 0 unspecified atom stereocenters. The van der Waals surface area contributed by atoms with E-state index in [0.29, 0.717) is 37.1 Å². The van der Waals surface area contributed by atoms with Gasteiger partial charge in [0.25, 0.3) is 0 Å². The number of pyridine rings is 1. The first-order valence-corrected chi connectivity index (χ1v) is 10.4. The molecule has 3 heterocycles. The molecule has 10 heteroatoms. The molecule has 0 aliphatic heterocycles. The van der Waals surface area contributed by atoms with E-state index in [4.69, 9.17) is 39.2 Å². The fraction of sp³-hybridized carbons (Fsp3) is 0.158. The number of aryl methyl sites for hydroxylation is 1. The van der Waals surface area contributed by atoms with Crippen molar-refractivity contribution in [3.8, 4) is 17.4 Å². The molecule has 0 aliphatic carbocycles. The fourth-order valence-electron chi connectivity index (χ4n) is 2.65. The molecular formula is C19H14BrCl3N4O2. The van der Waals surface area contributed by atoms with Gasteiger partial charge in [0.2, 0.25) is 5.89 Å². The van der Waals surface area contributed by atoms with Crippen LogP contribution in [0.25, 0.3) is 28.3 Å². The van der Waals surface area contributed by atoms with Crippen molar-refractivity contribution in [3.63, 3.8) is 0 Å². The molecule has 1 aromatic carbocycles. The maximum atomic E-state index is 12.5. The van der Waals surface area contributed by atoms with Gasteiger partial charge in [0.15, 0.2) is 5.82 Å². The molecule has 29 heavy (non-hydrogen) atoms. The Balaban J connectivity index is 0.00000117. The van der Waals surface area contributed by atoms with Crippen LogP contribution < -0.4 is 5.63 Å². The number of nitrogens with zero attached hydrogens (tertiary/aromatic N) is 4. The molecule has 0 saturated heterocycles. The fourth-order valence-corrected chi connectivity index (χ4v) is 3.75. The number of hydrogen-bond donors (Lipinski definition) is 0. The van der Waals surface area contributed by atoms with Gasteiger partial charge in [-0.2, -0.15) is 5.10 Å². The van der Waals surface area contributed by atoms with Gasteiger partial charge in [0.05, 0.1) is 20.9 Å². The van der Waals surface area contributed by atoms with Crippen LogP contribution in [0.15, 0.2) is 44.3 Å². The van der Waals surface area contributed by atoms with Crippen molar-refractivity contribution in [2.75, 3.05) is 0 Å². The van der Waals surface area contributed by atoms with E-state index in [2.05, 4.69) is 31.0 Å². The Morgan fingerprint density at radius 1 is 1.07 bits per heavy atom. The lowest BCUT2D eigenvalue weighted by molar-refractivity contribution is 0.513. The van der Waals surface area contributed by atoms with Gasteiger partial charge >= 0.3 is 5.63 Å². The van der Waals surface area contributed by atoms with Gasteiger partial charge in [-0.3, -0.25) is 0 Å². The van der Waals surface area contributed by atoms with Crippen molar-refractivity contribution in [1.82, 2.24) is 19.7 Å². The van der Waals surface area contributed by atoms with Crippen LogP contribution in [0.2, 0.25) is 15.1 Å². The summed E-state index contributed by atoms with van der Waals surface area (Å²) in [4.78, 5) is 21.2. The van der Waals surface area contributed by atoms with Gasteiger partial charge < -0.3 is 4.42 Å². The van der Waals surface area contributed by atoms with E-state index in [-0.39, 0.29) is 10.9 Å². The highest BCUT2D eigenvalue weighted by atomic mass is 79.9. The summed E-state index contributed by atoms with van der Waals surface area (Å²) in [5.74, 6) is 0.392. The first-order chi connectivity index (χ1) is 13.8. The molecule has 0 bridgehead atoms. The van der Waals surface area contributed by atoms with E-state index in [9.17, 15) is 4.79 Å². The minimum absolute atomic E-state index is 0.0731. The second-order valence-corrected chi connectivity index (χ2v) is 7.74. The van der Waals surface area contributed by atoms with Gasteiger partial charge in [-0.25, -0.2) is 19.4 Å². The predicted octanol–water partition coefficient (Wildman–Crippen LogP) is 6.49. The molecule has 0 spiro atoms. The number of halogens is 4. The van der Waals surface area contributed by atoms with Crippen molar-refractivity contribution in [2.45, 2.75) is 20.8 Å². The van der Waals surface area contributed by atoms with Crippen LogP contribution in [0.4, 0.5) is 0 Å². The van der Waals surface area contributed by atoms with Gasteiger partial charge in [-0.15, -0.1) is 0 Å². The lowest BCUT2D eigenvalue weighted by atomic mass is 10.1. The number of benzene rings is 1. The average molecular weight is 517 g/mol. The maximum absolute atomic E-state index is 12.5. The van der Waals surface area contributed by atoms with E-state index in [1.165, 1.54) is 16.9 Å². The summed E-state index contributed by atoms with van der Waals surface area (Å²) < 4.78 is 7.33. The zero-order chi connectivity index (χ0) is 21.3. The van der Waals surface area contributed by atoms with Gasteiger partial charge in [0, 0.05) is 17.3 Å². The van der Waals surface area contributed by atoms with Crippen LogP contribution in [-0.4, -0.2) is 19.7 Å². The molecule has 6 nitrogen and oxygen atoms in total. The van der Waals surface area contributed by atoms with Crippen molar-refractivity contribution < 1.29 is 4.42 Å². The summed E-state index contributed by atoms with van der Waals surface area (Å²) in [6.07, 6.45) is 1.44. The minimum atomic E-state index is -0.556. The highest BCUT2D eigenvalue weighted by Crippen LogP contribution is 2.29. The van der Waals surface area contributed by atoms with Crippen molar-refractivity contribution in [3.05, 3.63) is 66.1 Å². The first-order valence-electron chi connectivity index (χ1n) is 8.52. The Labute approximate surface area is 189 Å². The maximum Gasteiger partial charge on any atom is 0.347 e. The zero-order valence-corrected chi connectivity index (χ0v) is 19.4. The van der Waals surface area contributed by atoms with E-state index in [0.717, 1.165) is 5.56 Å². The predicted molar refractivity (Wildman–Crippen MR) is 119 cm³/mol. The standard InChI is InChI=1S/C17H8BrCl3N4O2.C2H6/c1-7-2-8(19)3-10-14(7)23-16(27-17(10)26)12-5-13(18)24-25(12)15-11(21)4-9(20)6-22-15;1-2/h2-6H,1H3;1-2H3. The molecule has 150 valence electrons. The quantitative estimate of drug-likeness (QED) is 0.304. The molecule has 0 N–H and O–H groups in total. The van der Waals surface area contributed by atoms with Gasteiger partial charge in [-0.05, 0) is 46.6 Å². The summed E-state index contributed by atoms with van der Waals surface area (Å²) in [5.41, 5.74) is 1.08.